The molecule has 0 spiro atoms. The number of primary amides is 1. The van der Waals surface area contributed by atoms with Gasteiger partial charge in [0.25, 0.3) is 5.56 Å². The highest BCUT2D eigenvalue weighted by molar-refractivity contribution is 7.99. The van der Waals surface area contributed by atoms with Gasteiger partial charge in [0.05, 0.1) is 16.7 Å². The fourth-order valence-corrected chi connectivity index (χ4v) is 4.27. The number of carbonyl (C=O) groups is 1. The number of para-hydroxylation sites is 1. The molecule has 2 aromatic rings. The number of fused-ring (bicyclic) bond motifs is 1. The molecular weight excluding hydrogens is 310 g/mol. The molecule has 122 valence electrons. The molecule has 6 heteroatoms. The number of aromatic amines is 1. The van der Waals surface area contributed by atoms with E-state index >= 15 is 0 Å². The van der Waals surface area contributed by atoms with E-state index in [1.54, 1.807) is 17.8 Å². The molecule has 1 amide bonds. The summed E-state index contributed by atoms with van der Waals surface area (Å²) in [6.45, 7) is 1.97. The molecule has 1 aliphatic carbocycles. The maximum atomic E-state index is 12.2. The smallest absolute Gasteiger partial charge is 0.258 e. The highest BCUT2D eigenvalue weighted by Crippen LogP contribution is 2.33. The predicted octanol–water partition coefficient (Wildman–Crippen LogP) is 2.51. The van der Waals surface area contributed by atoms with Gasteiger partial charge in [-0.2, -0.15) is 11.8 Å². The molecule has 1 aliphatic rings. The van der Waals surface area contributed by atoms with Crippen LogP contribution in [0.1, 0.15) is 37.1 Å². The van der Waals surface area contributed by atoms with Crippen LogP contribution in [0.25, 0.3) is 10.9 Å². The molecule has 0 unspecified atom stereocenters. The summed E-state index contributed by atoms with van der Waals surface area (Å²) >= 11 is 1.80. The Balaban J connectivity index is 1.67. The van der Waals surface area contributed by atoms with Gasteiger partial charge >= 0.3 is 0 Å². The van der Waals surface area contributed by atoms with Gasteiger partial charge in [0.2, 0.25) is 5.91 Å². The van der Waals surface area contributed by atoms with Crippen molar-refractivity contribution >= 4 is 28.6 Å². The first-order valence-corrected chi connectivity index (χ1v) is 8.99. The van der Waals surface area contributed by atoms with E-state index in [1.807, 2.05) is 19.1 Å². The number of H-pyrrole nitrogens is 1. The third-order valence-electron chi connectivity index (χ3n) is 4.52. The van der Waals surface area contributed by atoms with E-state index in [0.717, 1.165) is 42.6 Å². The van der Waals surface area contributed by atoms with E-state index < -0.39 is 0 Å². The first-order chi connectivity index (χ1) is 11.0. The molecule has 3 rings (SSSR count). The monoisotopic (exact) mass is 331 g/mol. The number of carbonyl (C=O) groups excluding carboxylic acids is 1. The fraction of sp³-hybridized carbons (Fsp3) is 0.471. The van der Waals surface area contributed by atoms with E-state index in [1.165, 1.54) is 0 Å². The fourth-order valence-electron chi connectivity index (χ4n) is 3.13. The number of nitrogens with zero attached hydrogens (tertiary/aromatic N) is 1. The summed E-state index contributed by atoms with van der Waals surface area (Å²) in [4.78, 5) is 30.9. The number of aromatic nitrogens is 2. The summed E-state index contributed by atoms with van der Waals surface area (Å²) in [7, 11) is 0. The Kier molecular flexibility index (Phi) is 4.71. The number of hydrogen-bond acceptors (Lipinski definition) is 4. The maximum absolute atomic E-state index is 12.2. The van der Waals surface area contributed by atoms with Crippen LogP contribution in [-0.4, -0.2) is 21.1 Å². The van der Waals surface area contributed by atoms with Gasteiger partial charge < -0.3 is 10.7 Å². The van der Waals surface area contributed by atoms with Crippen molar-refractivity contribution in [2.45, 2.75) is 43.6 Å². The first-order valence-electron chi connectivity index (χ1n) is 7.94. The molecule has 1 saturated carbocycles. The second-order valence-electron chi connectivity index (χ2n) is 6.17. The zero-order valence-electron chi connectivity index (χ0n) is 13.2. The summed E-state index contributed by atoms with van der Waals surface area (Å²) in [6.07, 6.45) is 3.73. The van der Waals surface area contributed by atoms with Crippen LogP contribution in [0, 0.1) is 12.8 Å². The van der Waals surface area contributed by atoms with Crippen molar-refractivity contribution in [2.75, 3.05) is 0 Å². The van der Waals surface area contributed by atoms with Crippen molar-refractivity contribution in [1.82, 2.24) is 9.97 Å². The van der Waals surface area contributed by atoms with Gasteiger partial charge in [-0.25, -0.2) is 4.98 Å². The Morgan fingerprint density at radius 1 is 1.35 bits per heavy atom. The van der Waals surface area contributed by atoms with E-state index in [2.05, 4.69) is 9.97 Å². The minimum atomic E-state index is -0.176. The molecule has 1 aromatic heterocycles. The Hall–Kier alpha value is -1.82. The van der Waals surface area contributed by atoms with Gasteiger partial charge in [-0.3, -0.25) is 9.59 Å². The molecule has 0 atom stereocenters. The van der Waals surface area contributed by atoms with Crippen LogP contribution in [0.5, 0.6) is 0 Å². The number of rotatable bonds is 4. The van der Waals surface area contributed by atoms with Crippen LogP contribution in [0.15, 0.2) is 23.0 Å². The minimum absolute atomic E-state index is 0.0353. The quantitative estimate of drug-likeness (QED) is 0.901. The van der Waals surface area contributed by atoms with Crippen molar-refractivity contribution in [3.8, 4) is 0 Å². The van der Waals surface area contributed by atoms with Gasteiger partial charge in [-0.1, -0.05) is 12.1 Å². The van der Waals surface area contributed by atoms with Gasteiger partial charge in [0, 0.05) is 11.2 Å². The molecule has 1 heterocycles. The summed E-state index contributed by atoms with van der Waals surface area (Å²) < 4.78 is 0. The van der Waals surface area contributed by atoms with Gasteiger partial charge in [0.15, 0.2) is 0 Å². The van der Waals surface area contributed by atoms with Crippen LogP contribution in [0.3, 0.4) is 0 Å². The molecular formula is C17H21N3O2S. The van der Waals surface area contributed by atoms with Crippen LogP contribution in [0.2, 0.25) is 0 Å². The van der Waals surface area contributed by atoms with Crippen LogP contribution in [0.4, 0.5) is 0 Å². The summed E-state index contributed by atoms with van der Waals surface area (Å²) in [5.74, 6) is 1.27. The molecule has 0 saturated heterocycles. The van der Waals surface area contributed by atoms with E-state index in [0.29, 0.717) is 16.4 Å². The van der Waals surface area contributed by atoms with Crippen molar-refractivity contribution in [3.05, 3.63) is 39.9 Å². The number of aryl methyl sites for hydroxylation is 1. The molecule has 0 radical (unpaired) electrons. The maximum Gasteiger partial charge on any atom is 0.258 e. The summed E-state index contributed by atoms with van der Waals surface area (Å²) in [5.41, 5.74) is 7.09. The molecule has 23 heavy (non-hydrogen) atoms. The lowest BCUT2D eigenvalue weighted by Gasteiger charge is -2.26. The average molecular weight is 331 g/mol. The molecule has 3 N–H and O–H groups in total. The predicted molar refractivity (Wildman–Crippen MR) is 93.3 cm³/mol. The lowest BCUT2D eigenvalue weighted by atomic mass is 9.88. The minimum Gasteiger partial charge on any atom is -0.369 e. The highest BCUT2D eigenvalue weighted by atomic mass is 32.2. The average Bonchev–Trinajstić information content (AvgIpc) is 2.54. The Morgan fingerprint density at radius 2 is 2.09 bits per heavy atom. The standard InChI is InChI=1S/C17H21N3O2S/c1-10-3-2-4-13-15(10)19-14(20-17(13)22)9-23-12-7-5-11(6-8-12)16(18)21/h2-4,11-12H,5-9H2,1H3,(H2,18,21)(H,19,20,22)/t11-,12+. The zero-order valence-corrected chi connectivity index (χ0v) is 14.0. The third-order valence-corrected chi connectivity index (χ3v) is 5.90. The number of nitrogens with two attached hydrogens (primary N) is 1. The second kappa shape index (κ2) is 6.74. The van der Waals surface area contributed by atoms with Crippen molar-refractivity contribution < 1.29 is 4.79 Å². The van der Waals surface area contributed by atoms with Gasteiger partial charge in [0.1, 0.15) is 5.82 Å². The summed E-state index contributed by atoms with van der Waals surface area (Å²) in [6, 6.07) is 5.65. The topological polar surface area (TPSA) is 88.8 Å². The van der Waals surface area contributed by atoms with Crippen molar-refractivity contribution in [2.24, 2.45) is 11.7 Å². The van der Waals surface area contributed by atoms with Gasteiger partial charge in [-0.15, -0.1) is 0 Å². The number of benzene rings is 1. The van der Waals surface area contributed by atoms with Crippen LogP contribution in [-0.2, 0) is 10.5 Å². The van der Waals surface area contributed by atoms with E-state index in [9.17, 15) is 9.59 Å². The normalized spacial score (nSPS) is 21.4. The third kappa shape index (κ3) is 3.58. The Bertz CT molecular complexity index is 779. The number of hydrogen-bond donors (Lipinski definition) is 2. The van der Waals surface area contributed by atoms with Crippen molar-refractivity contribution in [1.29, 1.82) is 0 Å². The summed E-state index contributed by atoms with van der Waals surface area (Å²) in [5, 5.41) is 1.14. The van der Waals surface area contributed by atoms with E-state index in [4.69, 9.17) is 5.73 Å². The Morgan fingerprint density at radius 3 is 2.78 bits per heavy atom. The lowest BCUT2D eigenvalue weighted by molar-refractivity contribution is -0.122. The molecule has 5 nitrogen and oxygen atoms in total. The number of nitrogens with one attached hydrogen (secondary N) is 1. The van der Waals surface area contributed by atoms with Crippen LogP contribution < -0.4 is 11.3 Å². The first kappa shape index (κ1) is 16.1. The largest absolute Gasteiger partial charge is 0.369 e. The van der Waals surface area contributed by atoms with E-state index in [-0.39, 0.29) is 17.4 Å². The van der Waals surface area contributed by atoms with Gasteiger partial charge in [-0.05, 0) is 44.2 Å². The SMILES string of the molecule is Cc1cccc2c(=O)[nH]c(CS[C@H]3CC[C@@H](C(N)=O)CC3)nc12. The number of amides is 1. The molecule has 0 bridgehead atoms. The molecule has 0 aliphatic heterocycles. The molecule has 1 fully saturated rings. The zero-order chi connectivity index (χ0) is 16.4. The second-order valence-corrected chi connectivity index (χ2v) is 7.46. The van der Waals surface area contributed by atoms with Crippen LogP contribution >= 0.6 is 11.8 Å². The lowest BCUT2D eigenvalue weighted by Crippen LogP contribution is -2.28. The van der Waals surface area contributed by atoms with Crippen molar-refractivity contribution in [3.63, 3.8) is 0 Å². The Labute approximate surface area is 139 Å². The molecule has 1 aromatic carbocycles. The number of thioether (sulfide) groups is 1. The highest BCUT2D eigenvalue weighted by Gasteiger charge is 2.25.